The highest BCUT2D eigenvalue weighted by Gasteiger charge is 2.13. The summed E-state index contributed by atoms with van der Waals surface area (Å²) in [6, 6.07) is 0. The van der Waals surface area contributed by atoms with Crippen LogP contribution in [-0.4, -0.2) is 17.3 Å². The first-order valence-corrected chi connectivity index (χ1v) is 4.34. The van der Waals surface area contributed by atoms with Crippen LogP contribution in [0.5, 0.6) is 0 Å². The van der Waals surface area contributed by atoms with Crippen LogP contribution in [0.2, 0.25) is 0 Å². The number of ether oxygens (including phenoxy) is 1. The lowest BCUT2D eigenvalue weighted by Crippen LogP contribution is -2.10. The molecular weight excluding hydrogens is 182 g/mol. The highest BCUT2D eigenvalue weighted by molar-refractivity contribution is 5.75. The molecule has 1 atom stereocenters. The largest absolute Gasteiger partial charge is 0.444 e. The molecule has 0 aliphatic heterocycles. The average molecular weight is 195 g/mol. The Kier molecular flexibility index (Phi) is 3.06. The van der Waals surface area contributed by atoms with Crippen LogP contribution in [0.1, 0.15) is 34.8 Å². The molecule has 0 N–H and O–H groups in total. The number of carbonyl (C=O) groups is 2. The minimum absolute atomic E-state index is 0.379. The second kappa shape index (κ2) is 4.09. The maximum absolute atomic E-state index is 10.8. The molecule has 1 heterocycles. The van der Waals surface area contributed by atoms with E-state index in [4.69, 9.17) is 4.74 Å². The number of hydrogen-bond acceptors (Lipinski definition) is 3. The lowest BCUT2D eigenvalue weighted by Gasteiger charge is -2.12. The maximum Gasteiger partial charge on any atom is 0.295 e. The summed E-state index contributed by atoms with van der Waals surface area (Å²) >= 11 is 0. The van der Waals surface area contributed by atoms with Gasteiger partial charge in [0.25, 0.3) is 6.47 Å². The summed E-state index contributed by atoms with van der Waals surface area (Å²) in [7, 11) is 0. The summed E-state index contributed by atoms with van der Waals surface area (Å²) < 4.78 is 6.41. The zero-order valence-electron chi connectivity index (χ0n) is 8.48. The van der Waals surface area contributed by atoms with Crippen LogP contribution in [-0.2, 0) is 9.53 Å². The molecule has 0 bridgehead atoms. The Morgan fingerprint density at radius 2 is 2.07 bits per heavy atom. The van der Waals surface area contributed by atoms with Crippen LogP contribution in [0.3, 0.4) is 0 Å². The van der Waals surface area contributed by atoms with Gasteiger partial charge in [0.15, 0.2) is 12.5 Å². The molecular formula is C10H13NO3. The van der Waals surface area contributed by atoms with E-state index in [0.717, 1.165) is 17.4 Å². The van der Waals surface area contributed by atoms with E-state index in [0.29, 0.717) is 12.2 Å². The fourth-order valence-electron chi connectivity index (χ4n) is 1.37. The molecule has 14 heavy (non-hydrogen) atoms. The molecule has 0 fully saturated rings. The number of aldehydes is 1. The molecule has 0 aliphatic carbocycles. The van der Waals surface area contributed by atoms with E-state index < -0.39 is 6.23 Å². The van der Waals surface area contributed by atoms with Crippen LogP contribution < -0.4 is 0 Å². The SMILES string of the molecule is Cc1cn(C(C)OC=O)c(C=O)c1C. The smallest absolute Gasteiger partial charge is 0.295 e. The fourth-order valence-corrected chi connectivity index (χ4v) is 1.37. The molecule has 4 heteroatoms. The van der Waals surface area contributed by atoms with Crippen LogP contribution >= 0.6 is 0 Å². The maximum atomic E-state index is 10.8. The van der Waals surface area contributed by atoms with Gasteiger partial charge < -0.3 is 9.30 Å². The van der Waals surface area contributed by atoms with Gasteiger partial charge in [0.1, 0.15) is 0 Å². The van der Waals surface area contributed by atoms with E-state index in [1.54, 1.807) is 17.7 Å². The number of aryl methyl sites for hydroxylation is 1. The van der Waals surface area contributed by atoms with Crippen molar-refractivity contribution in [2.75, 3.05) is 0 Å². The summed E-state index contributed by atoms with van der Waals surface area (Å²) in [6.45, 7) is 5.86. The van der Waals surface area contributed by atoms with E-state index in [9.17, 15) is 9.59 Å². The second-order valence-corrected chi connectivity index (χ2v) is 3.18. The predicted molar refractivity (Wildman–Crippen MR) is 51.2 cm³/mol. The first-order chi connectivity index (χ1) is 6.61. The predicted octanol–water partition coefficient (Wildman–Crippen LogP) is 1.61. The third kappa shape index (κ3) is 1.69. The Balaban J connectivity index is 3.13. The van der Waals surface area contributed by atoms with Crippen LogP contribution in [0.15, 0.2) is 6.20 Å². The summed E-state index contributed by atoms with van der Waals surface area (Å²) in [4.78, 5) is 21.0. The minimum Gasteiger partial charge on any atom is -0.444 e. The van der Waals surface area contributed by atoms with Crippen molar-refractivity contribution in [3.8, 4) is 0 Å². The normalized spacial score (nSPS) is 12.2. The number of nitrogens with zero attached hydrogens (tertiary/aromatic N) is 1. The molecule has 1 aromatic heterocycles. The highest BCUT2D eigenvalue weighted by Crippen LogP contribution is 2.19. The van der Waals surface area contributed by atoms with E-state index in [1.807, 2.05) is 13.8 Å². The summed E-state index contributed by atoms with van der Waals surface area (Å²) in [5.74, 6) is 0. The molecule has 4 nitrogen and oxygen atoms in total. The van der Waals surface area contributed by atoms with Crippen molar-refractivity contribution >= 4 is 12.8 Å². The van der Waals surface area contributed by atoms with Crippen molar-refractivity contribution in [1.29, 1.82) is 0 Å². The topological polar surface area (TPSA) is 48.3 Å². The van der Waals surface area contributed by atoms with E-state index in [2.05, 4.69) is 0 Å². The molecule has 0 radical (unpaired) electrons. The number of carbonyl (C=O) groups excluding carboxylic acids is 2. The van der Waals surface area contributed by atoms with Gasteiger partial charge in [0.2, 0.25) is 0 Å². The molecule has 0 aromatic carbocycles. The van der Waals surface area contributed by atoms with Crippen LogP contribution in [0.25, 0.3) is 0 Å². The molecule has 0 aliphatic rings. The van der Waals surface area contributed by atoms with E-state index >= 15 is 0 Å². The van der Waals surface area contributed by atoms with Gasteiger partial charge in [0, 0.05) is 6.20 Å². The quantitative estimate of drug-likeness (QED) is 0.686. The van der Waals surface area contributed by atoms with Gasteiger partial charge in [0.05, 0.1) is 5.69 Å². The lowest BCUT2D eigenvalue weighted by molar-refractivity contribution is -0.136. The molecule has 0 saturated carbocycles. The number of hydrogen-bond donors (Lipinski definition) is 0. The zero-order valence-corrected chi connectivity index (χ0v) is 8.48. The van der Waals surface area contributed by atoms with Gasteiger partial charge in [-0.15, -0.1) is 0 Å². The van der Waals surface area contributed by atoms with Crippen LogP contribution in [0, 0.1) is 13.8 Å². The van der Waals surface area contributed by atoms with Gasteiger partial charge in [-0.2, -0.15) is 0 Å². The van der Waals surface area contributed by atoms with Crippen molar-refractivity contribution in [3.05, 3.63) is 23.0 Å². The Bertz CT molecular complexity index is 354. The van der Waals surface area contributed by atoms with Gasteiger partial charge in [-0.25, -0.2) is 0 Å². The van der Waals surface area contributed by atoms with Gasteiger partial charge in [-0.05, 0) is 31.9 Å². The summed E-state index contributed by atoms with van der Waals surface area (Å²) in [6.07, 6.45) is 2.13. The van der Waals surface area contributed by atoms with Crippen molar-refractivity contribution < 1.29 is 14.3 Å². The lowest BCUT2D eigenvalue weighted by atomic mass is 10.2. The number of aromatic nitrogens is 1. The molecule has 1 rings (SSSR count). The zero-order chi connectivity index (χ0) is 10.7. The minimum atomic E-state index is -0.444. The Labute approximate surface area is 82.5 Å². The standard InChI is InChI=1S/C10H13NO3/c1-7-4-11(9(3)14-6-13)10(5-12)8(7)2/h4-6,9H,1-3H3. The molecule has 76 valence electrons. The van der Waals surface area contributed by atoms with Crippen molar-refractivity contribution in [3.63, 3.8) is 0 Å². The van der Waals surface area contributed by atoms with Crippen molar-refractivity contribution in [2.24, 2.45) is 0 Å². The molecule has 1 aromatic rings. The van der Waals surface area contributed by atoms with Gasteiger partial charge >= 0.3 is 0 Å². The molecule has 0 spiro atoms. The summed E-state index contributed by atoms with van der Waals surface area (Å²) in [5, 5.41) is 0. The molecule has 0 saturated heterocycles. The molecule has 1 unspecified atom stereocenters. The molecule has 0 amide bonds. The van der Waals surface area contributed by atoms with Gasteiger partial charge in [-0.1, -0.05) is 0 Å². The first kappa shape index (κ1) is 10.5. The van der Waals surface area contributed by atoms with Crippen molar-refractivity contribution in [2.45, 2.75) is 27.0 Å². The second-order valence-electron chi connectivity index (χ2n) is 3.18. The van der Waals surface area contributed by atoms with Crippen LogP contribution in [0.4, 0.5) is 0 Å². The Morgan fingerprint density at radius 3 is 2.57 bits per heavy atom. The Hall–Kier alpha value is -1.58. The monoisotopic (exact) mass is 195 g/mol. The van der Waals surface area contributed by atoms with E-state index in [1.165, 1.54) is 0 Å². The van der Waals surface area contributed by atoms with Gasteiger partial charge in [-0.3, -0.25) is 9.59 Å². The van der Waals surface area contributed by atoms with E-state index in [-0.39, 0.29) is 0 Å². The highest BCUT2D eigenvalue weighted by atomic mass is 16.5. The Morgan fingerprint density at radius 1 is 1.43 bits per heavy atom. The third-order valence-corrected chi connectivity index (χ3v) is 2.34. The first-order valence-electron chi connectivity index (χ1n) is 4.34. The summed E-state index contributed by atoms with van der Waals surface area (Å²) in [5.41, 5.74) is 2.48. The average Bonchev–Trinajstić information content (AvgIpc) is 2.44. The third-order valence-electron chi connectivity index (χ3n) is 2.34. The fraction of sp³-hybridized carbons (Fsp3) is 0.400. The van der Waals surface area contributed by atoms with Crippen molar-refractivity contribution in [1.82, 2.24) is 4.57 Å². The number of rotatable bonds is 4.